The van der Waals surface area contributed by atoms with Crippen molar-refractivity contribution in [1.29, 1.82) is 0 Å². The van der Waals surface area contributed by atoms with Gasteiger partial charge in [-0.05, 0) is 0 Å². The Kier molecular flexibility index (Phi) is 5.73. The molecule has 0 aliphatic carbocycles. The van der Waals surface area contributed by atoms with Crippen LogP contribution in [0.4, 0.5) is 0 Å². The molecule has 1 fully saturated rings. The predicted molar refractivity (Wildman–Crippen MR) is 56.5 cm³/mol. The first-order valence-corrected chi connectivity index (χ1v) is 7.13. The molecule has 0 unspecified atom stereocenters. The highest BCUT2D eigenvalue weighted by Gasteiger charge is 2.38. The van der Waals surface area contributed by atoms with Crippen molar-refractivity contribution in [3.8, 4) is 0 Å². The first-order valence-electron chi connectivity index (χ1n) is 5.20. The first-order chi connectivity index (χ1) is 7.26. The van der Waals surface area contributed by atoms with Gasteiger partial charge in [-0.1, -0.05) is 13.3 Å². The Bertz CT molecular complexity index is 170. The summed E-state index contributed by atoms with van der Waals surface area (Å²) in [5.74, 6) is 0. The van der Waals surface area contributed by atoms with Crippen LogP contribution >= 0.6 is 0 Å². The van der Waals surface area contributed by atoms with E-state index < -0.39 is 8.80 Å². The number of epoxide rings is 1. The van der Waals surface area contributed by atoms with Gasteiger partial charge in [0.1, 0.15) is 12.9 Å². The number of ether oxygens (including phenoxy) is 2. The lowest BCUT2D eigenvalue weighted by Gasteiger charge is -2.25. The molecule has 1 atom stereocenters. The van der Waals surface area contributed by atoms with E-state index in [9.17, 15) is 0 Å². The van der Waals surface area contributed by atoms with E-state index >= 15 is 0 Å². The second-order valence-electron chi connectivity index (χ2n) is 3.43. The van der Waals surface area contributed by atoms with Gasteiger partial charge in [-0.2, -0.15) is 0 Å². The van der Waals surface area contributed by atoms with Crippen LogP contribution in [0.2, 0.25) is 6.04 Å². The molecule has 0 amide bonds. The number of hydrogen-bond acceptors (Lipinski definition) is 5. The van der Waals surface area contributed by atoms with Crippen LogP contribution < -0.4 is 0 Å². The van der Waals surface area contributed by atoms with Crippen molar-refractivity contribution in [3.05, 3.63) is 0 Å². The molecule has 1 rings (SSSR count). The Morgan fingerprint density at radius 1 is 1.33 bits per heavy atom. The van der Waals surface area contributed by atoms with Crippen LogP contribution in [0.1, 0.15) is 13.3 Å². The SMILES string of the molecule is CCC[Si](OC)(OC)OCOC[C@H]1CO1. The summed E-state index contributed by atoms with van der Waals surface area (Å²) in [6.45, 7) is 3.67. The monoisotopic (exact) mass is 236 g/mol. The highest BCUT2D eigenvalue weighted by molar-refractivity contribution is 6.60. The summed E-state index contributed by atoms with van der Waals surface area (Å²) in [7, 11) is 0.780. The molecule has 0 bridgehead atoms. The molecule has 0 N–H and O–H groups in total. The average molecular weight is 236 g/mol. The van der Waals surface area contributed by atoms with Gasteiger partial charge in [0.25, 0.3) is 0 Å². The fraction of sp³-hybridized carbons (Fsp3) is 1.00. The molecule has 1 aliphatic rings. The van der Waals surface area contributed by atoms with Gasteiger partial charge in [-0.15, -0.1) is 0 Å². The number of rotatable bonds is 9. The maximum Gasteiger partial charge on any atom is 0.502 e. The largest absolute Gasteiger partial charge is 0.502 e. The van der Waals surface area contributed by atoms with Gasteiger partial charge in [0.2, 0.25) is 0 Å². The molecule has 6 heteroatoms. The quantitative estimate of drug-likeness (QED) is 0.259. The zero-order valence-corrected chi connectivity index (χ0v) is 10.7. The fourth-order valence-corrected chi connectivity index (χ4v) is 3.09. The van der Waals surface area contributed by atoms with Gasteiger partial charge < -0.3 is 22.8 Å². The summed E-state index contributed by atoms with van der Waals surface area (Å²) < 4.78 is 26.5. The minimum Gasteiger partial charge on any atom is -0.377 e. The molecule has 15 heavy (non-hydrogen) atoms. The standard InChI is InChI=1S/C9H20O5Si/c1-4-5-15(10-2,11-3)14-8-12-6-9-7-13-9/h9H,4-8H2,1-3H3/t9-/m0/s1. The molecule has 0 radical (unpaired) electrons. The zero-order valence-electron chi connectivity index (χ0n) is 9.65. The van der Waals surface area contributed by atoms with E-state index in [1.807, 2.05) is 0 Å². The first kappa shape index (κ1) is 13.1. The number of hydrogen-bond donors (Lipinski definition) is 0. The predicted octanol–water partition coefficient (Wildman–Crippen LogP) is 1.02. The highest BCUT2D eigenvalue weighted by atomic mass is 28.4. The molecule has 0 aromatic heterocycles. The lowest BCUT2D eigenvalue weighted by Crippen LogP contribution is -2.44. The second kappa shape index (κ2) is 6.57. The summed E-state index contributed by atoms with van der Waals surface area (Å²) >= 11 is 0. The lowest BCUT2D eigenvalue weighted by molar-refractivity contribution is -0.0369. The molecule has 0 saturated carbocycles. The lowest BCUT2D eigenvalue weighted by atomic mass is 10.5. The van der Waals surface area contributed by atoms with Crippen LogP contribution in [-0.2, 0) is 22.8 Å². The third kappa shape index (κ3) is 4.58. The van der Waals surface area contributed by atoms with E-state index in [0.29, 0.717) is 6.61 Å². The maximum atomic E-state index is 5.56. The highest BCUT2D eigenvalue weighted by Crippen LogP contribution is 2.16. The van der Waals surface area contributed by atoms with Crippen molar-refractivity contribution in [1.82, 2.24) is 0 Å². The van der Waals surface area contributed by atoms with Gasteiger partial charge in [-0.3, -0.25) is 0 Å². The van der Waals surface area contributed by atoms with E-state index in [1.54, 1.807) is 14.2 Å². The Balaban J connectivity index is 2.16. The van der Waals surface area contributed by atoms with Gasteiger partial charge >= 0.3 is 8.80 Å². The van der Waals surface area contributed by atoms with Crippen LogP contribution in [0.25, 0.3) is 0 Å². The van der Waals surface area contributed by atoms with Crippen molar-refractivity contribution < 1.29 is 22.8 Å². The Labute approximate surface area is 92.0 Å². The molecule has 0 aromatic carbocycles. The third-order valence-electron chi connectivity index (χ3n) is 2.25. The molecule has 1 heterocycles. The van der Waals surface area contributed by atoms with Crippen LogP contribution in [0, 0.1) is 0 Å². The minimum atomic E-state index is -2.46. The third-order valence-corrected chi connectivity index (χ3v) is 5.16. The summed E-state index contributed by atoms with van der Waals surface area (Å²) in [4.78, 5) is 0. The van der Waals surface area contributed by atoms with Crippen molar-refractivity contribution in [2.75, 3.05) is 34.2 Å². The van der Waals surface area contributed by atoms with Crippen LogP contribution in [-0.4, -0.2) is 49.1 Å². The van der Waals surface area contributed by atoms with E-state index in [4.69, 9.17) is 22.8 Å². The zero-order chi connectivity index (χ0) is 11.1. The normalized spacial score (nSPS) is 20.6. The fourth-order valence-electron chi connectivity index (χ4n) is 1.26. The molecule has 1 aliphatic heterocycles. The summed E-state index contributed by atoms with van der Waals surface area (Å²) in [5.41, 5.74) is 0. The molecule has 5 nitrogen and oxygen atoms in total. The molecule has 0 spiro atoms. The van der Waals surface area contributed by atoms with Crippen molar-refractivity contribution >= 4 is 8.80 Å². The Morgan fingerprint density at radius 2 is 2.00 bits per heavy atom. The van der Waals surface area contributed by atoms with Gasteiger partial charge in [0.15, 0.2) is 0 Å². The van der Waals surface area contributed by atoms with Crippen LogP contribution in [0.3, 0.4) is 0 Å². The van der Waals surface area contributed by atoms with Gasteiger partial charge in [0, 0.05) is 20.3 Å². The topological polar surface area (TPSA) is 49.5 Å². The smallest absolute Gasteiger partial charge is 0.377 e. The molecule has 1 saturated heterocycles. The minimum absolute atomic E-state index is 0.216. The van der Waals surface area contributed by atoms with E-state index in [0.717, 1.165) is 19.1 Å². The van der Waals surface area contributed by atoms with E-state index in [-0.39, 0.29) is 12.9 Å². The summed E-state index contributed by atoms with van der Waals surface area (Å²) in [5, 5.41) is 0. The molecule has 0 aromatic rings. The average Bonchev–Trinajstić information content (AvgIpc) is 3.07. The van der Waals surface area contributed by atoms with E-state index in [1.165, 1.54) is 0 Å². The second-order valence-corrected chi connectivity index (χ2v) is 6.40. The van der Waals surface area contributed by atoms with Gasteiger partial charge in [-0.25, -0.2) is 0 Å². The molecular weight excluding hydrogens is 216 g/mol. The summed E-state index contributed by atoms with van der Waals surface area (Å²) in [6.07, 6.45) is 1.24. The van der Waals surface area contributed by atoms with Crippen LogP contribution in [0.5, 0.6) is 0 Å². The Morgan fingerprint density at radius 3 is 2.47 bits per heavy atom. The van der Waals surface area contributed by atoms with Crippen molar-refractivity contribution in [2.45, 2.75) is 25.5 Å². The van der Waals surface area contributed by atoms with Crippen molar-refractivity contribution in [2.24, 2.45) is 0 Å². The Hall–Kier alpha value is 0.0169. The maximum absolute atomic E-state index is 5.56. The molecular formula is C9H20O5Si. The summed E-state index contributed by atoms with van der Waals surface area (Å²) in [6, 6.07) is 0.809. The van der Waals surface area contributed by atoms with Gasteiger partial charge in [0.05, 0.1) is 13.2 Å². The molecule has 90 valence electrons. The van der Waals surface area contributed by atoms with Crippen molar-refractivity contribution in [3.63, 3.8) is 0 Å². The van der Waals surface area contributed by atoms with E-state index in [2.05, 4.69) is 6.92 Å². The van der Waals surface area contributed by atoms with Crippen LogP contribution in [0.15, 0.2) is 0 Å².